The van der Waals surface area contributed by atoms with Crippen molar-refractivity contribution in [1.82, 2.24) is 4.90 Å². The maximum Gasteiger partial charge on any atom is 0.278 e. The van der Waals surface area contributed by atoms with Crippen LogP contribution in [0.15, 0.2) is 48.2 Å². The minimum absolute atomic E-state index is 0.110. The summed E-state index contributed by atoms with van der Waals surface area (Å²) in [5, 5.41) is 3.20. The van der Waals surface area contributed by atoms with E-state index < -0.39 is 0 Å². The molecular formula is C26H32N2O4. The molecule has 6 heteroatoms. The third-order valence-electron chi connectivity index (χ3n) is 5.36. The van der Waals surface area contributed by atoms with Gasteiger partial charge in [0.1, 0.15) is 11.4 Å². The topological polar surface area (TPSA) is 67.9 Å². The number of nitrogens with zero attached hydrogens (tertiary/aromatic N) is 1. The van der Waals surface area contributed by atoms with Crippen LogP contribution in [0.1, 0.15) is 43.9 Å². The molecule has 1 heterocycles. The van der Waals surface area contributed by atoms with Crippen molar-refractivity contribution in [2.24, 2.45) is 0 Å². The van der Waals surface area contributed by atoms with Crippen LogP contribution in [0.2, 0.25) is 0 Å². The molecule has 0 saturated carbocycles. The van der Waals surface area contributed by atoms with Gasteiger partial charge >= 0.3 is 0 Å². The molecule has 0 radical (unpaired) electrons. The Bertz CT molecular complexity index is 1030. The van der Waals surface area contributed by atoms with Gasteiger partial charge in [-0.2, -0.15) is 0 Å². The van der Waals surface area contributed by atoms with Crippen molar-refractivity contribution < 1.29 is 19.1 Å². The van der Waals surface area contributed by atoms with E-state index in [1.54, 1.807) is 0 Å². The molecular weight excluding hydrogens is 404 g/mol. The Morgan fingerprint density at radius 1 is 1.00 bits per heavy atom. The summed E-state index contributed by atoms with van der Waals surface area (Å²) < 4.78 is 11.2. The fourth-order valence-electron chi connectivity index (χ4n) is 3.58. The van der Waals surface area contributed by atoms with E-state index >= 15 is 0 Å². The number of nitrogens with one attached hydrogen (secondary N) is 1. The van der Waals surface area contributed by atoms with Crippen LogP contribution < -0.4 is 10.1 Å². The molecule has 2 amide bonds. The molecule has 0 aliphatic carbocycles. The highest BCUT2D eigenvalue weighted by molar-refractivity contribution is 6.36. The third kappa shape index (κ3) is 5.37. The quantitative estimate of drug-likeness (QED) is 0.432. The summed E-state index contributed by atoms with van der Waals surface area (Å²) >= 11 is 0. The van der Waals surface area contributed by atoms with E-state index in [1.165, 1.54) is 4.90 Å². The Labute approximate surface area is 190 Å². The van der Waals surface area contributed by atoms with E-state index in [1.807, 2.05) is 77.1 Å². The molecule has 0 spiro atoms. The highest BCUT2D eigenvalue weighted by atomic mass is 16.5. The number of benzene rings is 2. The second-order valence-corrected chi connectivity index (χ2v) is 8.17. The first-order chi connectivity index (χ1) is 15.3. The van der Waals surface area contributed by atoms with E-state index in [9.17, 15) is 9.59 Å². The van der Waals surface area contributed by atoms with Gasteiger partial charge in [0.2, 0.25) is 0 Å². The zero-order chi connectivity index (χ0) is 23.3. The van der Waals surface area contributed by atoms with Crippen molar-refractivity contribution >= 4 is 23.1 Å². The van der Waals surface area contributed by atoms with Crippen LogP contribution in [-0.4, -0.2) is 42.6 Å². The SMILES string of the molecule is CCOc1cccc(NC2=C(c3ccc(C)c(C)c3)C(=O)N(CCCOC(C)C)C2=O)c1. The van der Waals surface area contributed by atoms with Crippen LogP contribution in [0.5, 0.6) is 5.75 Å². The van der Waals surface area contributed by atoms with E-state index in [2.05, 4.69) is 5.32 Å². The van der Waals surface area contributed by atoms with Crippen molar-refractivity contribution in [1.29, 1.82) is 0 Å². The fraction of sp³-hybridized carbons (Fsp3) is 0.385. The molecule has 2 aromatic rings. The van der Waals surface area contributed by atoms with Crippen LogP contribution in [0.3, 0.4) is 0 Å². The number of carbonyl (C=O) groups is 2. The number of anilines is 1. The van der Waals surface area contributed by atoms with E-state index in [0.29, 0.717) is 43.2 Å². The second-order valence-electron chi connectivity index (χ2n) is 8.17. The zero-order valence-corrected chi connectivity index (χ0v) is 19.5. The Morgan fingerprint density at radius 2 is 1.78 bits per heavy atom. The first kappa shape index (κ1) is 23.5. The molecule has 1 aliphatic rings. The van der Waals surface area contributed by atoms with Crippen LogP contribution in [0.4, 0.5) is 5.69 Å². The average molecular weight is 437 g/mol. The zero-order valence-electron chi connectivity index (χ0n) is 19.5. The fourth-order valence-corrected chi connectivity index (χ4v) is 3.58. The van der Waals surface area contributed by atoms with Crippen molar-refractivity contribution in [3.05, 3.63) is 64.9 Å². The van der Waals surface area contributed by atoms with Crippen molar-refractivity contribution in [2.45, 2.75) is 47.1 Å². The van der Waals surface area contributed by atoms with Gasteiger partial charge in [-0.05, 0) is 69.9 Å². The first-order valence-corrected chi connectivity index (χ1v) is 11.1. The Kier molecular flexibility index (Phi) is 7.70. The minimum Gasteiger partial charge on any atom is -0.494 e. The number of carbonyl (C=O) groups excluding carboxylic acids is 2. The minimum atomic E-state index is -0.324. The van der Waals surface area contributed by atoms with Gasteiger partial charge in [0.25, 0.3) is 11.8 Å². The average Bonchev–Trinajstić information content (AvgIpc) is 2.97. The highest BCUT2D eigenvalue weighted by Gasteiger charge is 2.39. The number of aryl methyl sites for hydroxylation is 2. The van der Waals surface area contributed by atoms with Crippen LogP contribution in [0, 0.1) is 13.8 Å². The molecule has 3 rings (SSSR count). The summed E-state index contributed by atoms with van der Waals surface area (Å²) in [6.07, 6.45) is 0.697. The Hall–Kier alpha value is -3.12. The lowest BCUT2D eigenvalue weighted by atomic mass is 9.99. The van der Waals surface area contributed by atoms with Crippen LogP contribution in [0.25, 0.3) is 5.57 Å². The van der Waals surface area contributed by atoms with Gasteiger partial charge in [-0.25, -0.2) is 0 Å². The van der Waals surface area contributed by atoms with Gasteiger partial charge in [-0.3, -0.25) is 14.5 Å². The predicted molar refractivity (Wildman–Crippen MR) is 126 cm³/mol. The van der Waals surface area contributed by atoms with Crippen LogP contribution in [-0.2, 0) is 14.3 Å². The van der Waals surface area contributed by atoms with Gasteiger partial charge in [-0.1, -0.05) is 24.3 Å². The van der Waals surface area contributed by atoms with Gasteiger partial charge in [0.15, 0.2) is 0 Å². The lowest BCUT2D eigenvalue weighted by molar-refractivity contribution is -0.137. The van der Waals surface area contributed by atoms with Gasteiger partial charge in [0.05, 0.1) is 18.3 Å². The molecule has 0 unspecified atom stereocenters. The molecule has 0 bridgehead atoms. The molecule has 32 heavy (non-hydrogen) atoms. The monoisotopic (exact) mass is 436 g/mol. The van der Waals surface area contributed by atoms with Gasteiger partial charge < -0.3 is 14.8 Å². The first-order valence-electron chi connectivity index (χ1n) is 11.1. The standard InChI is InChI=1S/C26H32N2O4/c1-6-31-22-10-7-9-21(16-22)27-24-23(20-12-11-18(4)19(5)15-20)25(29)28(26(24)30)13-8-14-32-17(2)3/h7,9-12,15-17,27H,6,8,13-14H2,1-5H3. The summed E-state index contributed by atoms with van der Waals surface area (Å²) in [6, 6.07) is 13.2. The van der Waals surface area contributed by atoms with Crippen LogP contribution >= 0.6 is 0 Å². The number of amides is 2. The number of hydrogen-bond acceptors (Lipinski definition) is 5. The number of imide groups is 1. The molecule has 1 N–H and O–H groups in total. The Balaban J connectivity index is 1.93. The molecule has 0 fully saturated rings. The maximum atomic E-state index is 13.4. The molecule has 1 aliphatic heterocycles. The Morgan fingerprint density at radius 3 is 2.47 bits per heavy atom. The third-order valence-corrected chi connectivity index (χ3v) is 5.36. The maximum absolute atomic E-state index is 13.4. The van der Waals surface area contributed by atoms with Crippen molar-refractivity contribution in [3.8, 4) is 5.75 Å². The molecule has 170 valence electrons. The number of hydrogen-bond donors (Lipinski definition) is 1. The summed E-state index contributed by atoms with van der Waals surface area (Å²) in [7, 11) is 0. The summed E-state index contributed by atoms with van der Waals surface area (Å²) in [5.41, 5.74) is 4.31. The van der Waals surface area contributed by atoms with Crippen molar-refractivity contribution in [3.63, 3.8) is 0 Å². The molecule has 6 nitrogen and oxygen atoms in total. The van der Waals surface area contributed by atoms with E-state index in [4.69, 9.17) is 9.47 Å². The largest absolute Gasteiger partial charge is 0.494 e. The lowest BCUT2D eigenvalue weighted by Gasteiger charge is -2.16. The molecule has 0 saturated heterocycles. The predicted octanol–water partition coefficient (Wildman–Crippen LogP) is 4.71. The highest BCUT2D eigenvalue weighted by Crippen LogP contribution is 2.32. The summed E-state index contributed by atoms with van der Waals surface area (Å²) in [4.78, 5) is 28.0. The van der Waals surface area contributed by atoms with Gasteiger partial charge in [0, 0.05) is 24.9 Å². The molecule has 2 aromatic carbocycles. The normalized spacial score (nSPS) is 14.0. The number of ether oxygens (including phenoxy) is 2. The molecule has 0 atom stereocenters. The summed E-state index contributed by atoms with van der Waals surface area (Å²) in [6.45, 7) is 11.2. The lowest BCUT2D eigenvalue weighted by Crippen LogP contribution is -2.34. The second kappa shape index (κ2) is 10.5. The van der Waals surface area contributed by atoms with E-state index in [-0.39, 0.29) is 23.6 Å². The van der Waals surface area contributed by atoms with Crippen molar-refractivity contribution in [2.75, 3.05) is 25.1 Å². The van der Waals surface area contributed by atoms with E-state index in [0.717, 1.165) is 16.7 Å². The smallest absolute Gasteiger partial charge is 0.278 e. The number of rotatable bonds is 10. The van der Waals surface area contributed by atoms with Gasteiger partial charge in [-0.15, -0.1) is 0 Å². The molecule has 0 aromatic heterocycles. The summed E-state index contributed by atoms with van der Waals surface area (Å²) in [5.74, 6) is 0.0890.